The Morgan fingerprint density at radius 3 is 2.60 bits per heavy atom. The molecule has 1 N–H and O–H groups in total. The fourth-order valence-electron chi connectivity index (χ4n) is 2.44. The fraction of sp³-hybridized carbons (Fsp3) is 0.294. The zero-order chi connectivity index (χ0) is 14.5. The molecule has 0 saturated carbocycles. The van der Waals surface area contributed by atoms with Crippen molar-refractivity contribution in [2.45, 2.75) is 19.4 Å². The van der Waals surface area contributed by atoms with Crippen LogP contribution < -0.4 is 10.1 Å². The van der Waals surface area contributed by atoms with E-state index >= 15 is 0 Å². The minimum Gasteiger partial charge on any atom is -0.496 e. The molecule has 0 aliphatic rings. The molecule has 2 nitrogen and oxygen atoms in total. The Morgan fingerprint density at radius 2 is 1.95 bits per heavy atom. The second-order valence-electron chi connectivity index (χ2n) is 4.92. The second-order valence-corrected chi connectivity index (χ2v) is 5.36. The predicted molar refractivity (Wildman–Crippen MR) is 84.7 cm³/mol. The number of methoxy groups -OCH3 is 1. The van der Waals surface area contributed by atoms with E-state index in [1.54, 1.807) is 7.11 Å². The maximum atomic E-state index is 6.16. The molecule has 0 heterocycles. The van der Waals surface area contributed by atoms with Gasteiger partial charge in [-0.15, -0.1) is 0 Å². The number of nitrogens with one attached hydrogen (secondary N) is 1. The number of ether oxygens (including phenoxy) is 1. The van der Waals surface area contributed by atoms with Gasteiger partial charge in [0, 0.05) is 11.1 Å². The van der Waals surface area contributed by atoms with Gasteiger partial charge in [0.15, 0.2) is 0 Å². The number of likely N-dealkylation sites (N-methyl/N-ethyl adjacent to an activating group) is 1. The molecular formula is C17H20ClNO. The highest BCUT2D eigenvalue weighted by molar-refractivity contribution is 6.30. The minimum absolute atomic E-state index is 0.212. The Kier molecular flexibility index (Phi) is 5.05. The summed E-state index contributed by atoms with van der Waals surface area (Å²) in [5, 5.41) is 4.14. The summed E-state index contributed by atoms with van der Waals surface area (Å²) in [4.78, 5) is 0. The van der Waals surface area contributed by atoms with Gasteiger partial charge in [-0.2, -0.15) is 0 Å². The van der Waals surface area contributed by atoms with Crippen molar-refractivity contribution in [2.24, 2.45) is 0 Å². The number of hydrogen-bond donors (Lipinski definition) is 1. The molecule has 0 fully saturated rings. The topological polar surface area (TPSA) is 21.3 Å². The highest BCUT2D eigenvalue weighted by Gasteiger charge is 2.13. The lowest BCUT2D eigenvalue weighted by atomic mass is 9.97. The molecule has 106 valence electrons. The molecule has 0 aromatic heterocycles. The Labute approximate surface area is 125 Å². The second kappa shape index (κ2) is 6.78. The van der Waals surface area contributed by atoms with Gasteiger partial charge < -0.3 is 10.1 Å². The van der Waals surface area contributed by atoms with Crippen molar-refractivity contribution in [3.05, 3.63) is 64.2 Å². The summed E-state index contributed by atoms with van der Waals surface area (Å²) in [6.45, 7) is 2.06. The van der Waals surface area contributed by atoms with Crippen molar-refractivity contribution >= 4 is 11.6 Å². The molecule has 0 bridgehead atoms. The Bertz CT molecular complexity index is 563. The average Bonchev–Trinajstić information content (AvgIpc) is 2.44. The third kappa shape index (κ3) is 3.53. The minimum atomic E-state index is 0.212. The monoisotopic (exact) mass is 289 g/mol. The van der Waals surface area contributed by atoms with E-state index in [0.29, 0.717) is 0 Å². The summed E-state index contributed by atoms with van der Waals surface area (Å²) >= 11 is 6.16. The van der Waals surface area contributed by atoms with Crippen molar-refractivity contribution in [1.82, 2.24) is 5.32 Å². The van der Waals surface area contributed by atoms with Crippen LogP contribution >= 0.6 is 11.6 Å². The van der Waals surface area contributed by atoms with Gasteiger partial charge in [0.1, 0.15) is 5.75 Å². The summed E-state index contributed by atoms with van der Waals surface area (Å²) in [6, 6.07) is 14.5. The van der Waals surface area contributed by atoms with Gasteiger partial charge in [0.2, 0.25) is 0 Å². The molecule has 2 aromatic carbocycles. The normalized spacial score (nSPS) is 12.2. The van der Waals surface area contributed by atoms with E-state index in [2.05, 4.69) is 24.4 Å². The lowest BCUT2D eigenvalue weighted by molar-refractivity contribution is 0.406. The summed E-state index contributed by atoms with van der Waals surface area (Å²) in [5.74, 6) is 0.923. The molecule has 0 amide bonds. The number of benzene rings is 2. The van der Waals surface area contributed by atoms with Crippen LogP contribution in [0.3, 0.4) is 0 Å². The molecule has 20 heavy (non-hydrogen) atoms. The third-order valence-corrected chi connectivity index (χ3v) is 3.65. The van der Waals surface area contributed by atoms with E-state index in [-0.39, 0.29) is 6.04 Å². The number of para-hydroxylation sites is 1. The summed E-state index contributed by atoms with van der Waals surface area (Å²) < 4.78 is 5.42. The van der Waals surface area contributed by atoms with Crippen molar-refractivity contribution < 1.29 is 4.74 Å². The van der Waals surface area contributed by atoms with Crippen LogP contribution in [0.4, 0.5) is 0 Å². The molecule has 1 atom stereocenters. The smallest absolute Gasteiger partial charge is 0.122 e. The van der Waals surface area contributed by atoms with E-state index in [1.165, 1.54) is 16.7 Å². The SMILES string of the molecule is CNC(Cc1ccccc1OC)c1cc(C)cc(Cl)c1. The summed E-state index contributed by atoms with van der Waals surface area (Å²) in [7, 11) is 3.67. The van der Waals surface area contributed by atoms with Gasteiger partial charge in [-0.3, -0.25) is 0 Å². The van der Waals surface area contributed by atoms with Crippen LogP contribution in [0, 0.1) is 6.92 Å². The van der Waals surface area contributed by atoms with E-state index in [0.717, 1.165) is 17.2 Å². The van der Waals surface area contributed by atoms with Gasteiger partial charge in [0.25, 0.3) is 0 Å². The molecule has 2 rings (SSSR count). The lowest BCUT2D eigenvalue weighted by Crippen LogP contribution is -2.19. The standard InChI is InChI=1S/C17H20ClNO/c1-12-8-14(10-15(18)9-12)16(19-2)11-13-6-4-5-7-17(13)20-3/h4-10,16,19H,11H2,1-3H3. The van der Waals surface area contributed by atoms with E-state index in [1.807, 2.05) is 37.4 Å². The Hall–Kier alpha value is -1.51. The number of halogens is 1. The average molecular weight is 290 g/mol. The predicted octanol–water partition coefficient (Wildman–Crippen LogP) is 4.16. The van der Waals surface area contributed by atoms with Crippen molar-refractivity contribution in [3.63, 3.8) is 0 Å². The number of hydrogen-bond acceptors (Lipinski definition) is 2. The molecule has 1 unspecified atom stereocenters. The van der Waals surface area contributed by atoms with Gasteiger partial charge >= 0.3 is 0 Å². The molecule has 0 aliphatic carbocycles. The number of aryl methyl sites for hydroxylation is 1. The Balaban J connectivity index is 2.28. The molecular weight excluding hydrogens is 270 g/mol. The first-order chi connectivity index (χ1) is 9.63. The van der Waals surface area contributed by atoms with Crippen LogP contribution in [0.2, 0.25) is 5.02 Å². The highest BCUT2D eigenvalue weighted by atomic mass is 35.5. The molecule has 0 saturated heterocycles. The molecule has 0 radical (unpaired) electrons. The maximum absolute atomic E-state index is 6.16. The van der Waals surface area contributed by atoms with Gasteiger partial charge in [-0.1, -0.05) is 35.9 Å². The van der Waals surface area contributed by atoms with Gasteiger partial charge in [0.05, 0.1) is 7.11 Å². The van der Waals surface area contributed by atoms with Crippen LogP contribution in [0.1, 0.15) is 22.7 Å². The van der Waals surface area contributed by atoms with Crippen LogP contribution in [0.5, 0.6) is 5.75 Å². The van der Waals surface area contributed by atoms with Crippen LogP contribution in [0.25, 0.3) is 0 Å². The maximum Gasteiger partial charge on any atom is 0.122 e. The van der Waals surface area contributed by atoms with E-state index in [9.17, 15) is 0 Å². The first-order valence-corrected chi connectivity index (χ1v) is 7.08. The molecule has 2 aromatic rings. The number of rotatable bonds is 5. The summed E-state index contributed by atoms with van der Waals surface area (Å²) in [5.41, 5.74) is 3.56. The zero-order valence-corrected chi connectivity index (χ0v) is 12.9. The lowest BCUT2D eigenvalue weighted by Gasteiger charge is -2.19. The van der Waals surface area contributed by atoms with Crippen molar-refractivity contribution in [1.29, 1.82) is 0 Å². The first kappa shape index (κ1) is 14.9. The molecule has 0 spiro atoms. The summed E-state index contributed by atoms with van der Waals surface area (Å²) in [6.07, 6.45) is 0.861. The molecule has 0 aliphatic heterocycles. The highest BCUT2D eigenvalue weighted by Crippen LogP contribution is 2.27. The largest absolute Gasteiger partial charge is 0.496 e. The Morgan fingerprint density at radius 1 is 1.20 bits per heavy atom. The van der Waals surface area contributed by atoms with E-state index in [4.69, 9.17) is 16.3 Å². The van der Waals surface area contributed by atoms with Crippen LogP contribution in [-0.4, -0.2) is 14.2 Å². The van der Waals surface area contributed by atoms with Crippen LogP contribution in [-0.2, 0) is 6.42 Å². The van der Waals surface area contributed by atoms with Crippen LogP contribution in [0.15, 0.2) is 42.5 Å². The van der Waals surface area contributed by atoms with Gasteiger partial charge in [-0.25, -0.2) is 0 Å². The quantitative estimate of drug-likeness (QED) is 0.892. The van der Waals surface area contributed by atoms with E-state index < -0.39 is 0 Å². The van der Waals surface area contributed by atoms with Crippen molar-refractivity contribution in [3.8, 4) is 5.75 Å². The van der Waals surface area contributed by atoms with Crippen molar-refractivity contribution in [2.75, 3.05) is 14.2 Å². The van der Waals surface area contributed by atoms with Gasteiger partial charge in [-0.05, 0) is 55.3 Å². The fourth-order valence-corrected chi connectivity index (χ4v) is 2.74. The zero-order valence-electron chi connectivity index (χ0n) is 12.1. The third-order valence-electron chi connectivity index (χ3n) is 3.43. The molecule has 3 heteroatoms. The first-order valence-electron chi connectivity index (χ1n) is 6.70.